The number of fused-ring (bicyclic) bond motifs is 1. The molecule has 0 aliphatic carbocycles. The van der Waals surface area contributed by atoms with Crippen LogP contribution in [0.4, 0.5) is 4.39 Å². The zero-order chi connectivity index (χ0) is 20.5. The highest BCUT2D eigenvalue weighted by Crippen LogP contribution is 2.26. The Balaban J connectivity index is 1.44. The molecule has 0 spiro atoms. The average Bonchev–Trinajstić information content (AvgIpc) is 3.37. The number of hydrogen-bond donors (Lipinski definition) is 1. The Kier molecular flexibility index (Phi) is 5.05. The van der Waals surface area contributed by atoms with Gasteiger partial charge >= 0.3 is 0 Å². The van der Waals surface area contributed by atoms with E-state index in [9.17, 15) is 9.18 Å². The summed E-state index contributed by atoms with van der Waals surface area (Å²) in [5.41, 5.74) is 1.15. The van der Waals surface area contributed by atoms with E-state index in [-0.39, 0.29) is 22.5 Å². The molecule has 146 valence electrons. The van der Waals surface area contributed by atoms with Gasteiger partial charge in [0, 0.05) is 35.6 Å². The zero-order valence-electron chi connectivity index (χ0n) is 15.1. The van der Waals surface area contributed by atoms with Crippen LogP contribution >= 0.6 is 22.9 Å². The van der Waals surface area contributed by atoms with E-state index in [1.807, 2.05) is 18.5 Å². The van der Waals surface area contributed by atoms with Gasteiger partial charge in [-0.2, -0.15) is 10.4 Å². The summed E-state index contributed by atoms with van der Waals surface area (Å²) in [6.45, 7) is 2.27. The number of rotatable bonds is 5. The smallest absolute Gasteiger partial charge is 0.271 e. The third kappa shape index (κ3) is 3.85. The summed E-state index contributed by atoms with van der Waals surface area (Å²) in [6, 6.07) is 5.97. The predicted molar refractivity (Wildman–Crippen MR) is 107 cm³/mol. The second-order valence-corrected chi connectivity index (χ2v) is 7.72. The van der Waals surface area contributed by atoms with Crippen LogP contribution in [-0.2, 0) is 6.54 Å². The van der Waals surface area contributed by atoms with E-state index >= 15 is 0 Å². The summed E-state index contributed by atoms with van der Waals surface area (Å²) in [5, 5.41) is 18.1. The lowest BCUT2D eigenvalue weighted by atomic mass is 10.1. The van der Waals surface area contributed by atoms with E-state index in [4.69, 9.17) is 16.9 Å². The SMILES string of the molecule is C[C@@H](Cn1ccc(-c2cc(F)c(C#N)c(Cl)c2)n1)NC(=O)c1cn2ccsc2n1. The van der Waals surface area contributed by atoms with Crippen LogP contribution in [-0.4, -0.2) is 31.1 Å². The highest BCUT2D eigenvalue weighted by atomic mass is 35.5. The molecule has 0 radical (unpaired) electrons. The van der Waals surface area contributed by atoms with E-state index in [1.165, 1.54) is 23.5 Å². The molecule has 4 rings (SSSR count). The molecule has 0 fully saturated rings. The number of benzene rings is 1. The van der Waals surface area contributed by atoms with Crippen LogP contribution in [0.15, 0.2) is 42.2 Å². The van der Waals surface area contributed by atoms with E-state index < -0.39 is 5.82 Å². The number of carbonyl (C=O) groups excluding carboxylic acids is 1. The molecule has 7 nitrogen and oxygen atoms in total. The molecule has 1 N–H and O–H groups in total. The second kappa shape index (κ2) is 7.66. The second-order valence-electron chi connectivity index (χ2n) is 6.44. The largest absolute Gasteiger partial charge is 0.346 e. The molecule has 0 unspecified atom stereocenters. The monoisotopic (exact) mass is 428 g/mol. The van der Waals surface area contributed by atoms with Crippen molar-refractivity contribution < 1.29 is 9.18 Å². The molecule has 0 saturated heterocycles. The minimum Gasteiger partial charge on any atom is -0.346 e. The summed E-state index contributed by atoms with van der Waals surface area (Å²) < 4.78 is 17.4. The predicted octanol–water partition coefficient (Wildman–Crippen LogP) is 3.74. The molecular weight excluding hydrogens is 415 g/mol. The molecule has 3 aromatic heterocycles. The first-order valence-electron chi connectivity index (χ1n) is 8.60. The van der Waals surface area contributed by atoms with Gasteiger partial charge in [-0.1, -0.05) is 11.6 Å². The molecule has 29 heavy (non-hydrogen) atoms. The van der Waals surface area contributed by atoms with Gasteiger partial charge in [-0.05, 0) is 25.1 Å². The van der Waals surface area contributed by atoms with Gasteiger partial charge in [-0.3, -0.25) is 13.9 Å². The first-order valence-corrected chi connectivity index (χ1v) is 9.86. The van der Waals surface area contributed by atoms with Gasteiger partial charge in [0.05, 0.1) is 17.3 Å². The van der Waals surface area contributed by atoms with Gasteiger partial charge in [0.2, 0.25) is 0 Å². The van der Waals surface area contributed by atoms with Gasteiger partial charge in [0.1, 0.15) is 23.1 Å². The first kappa shape index (κ1) is 19.1. The third-order valence-electron chi connectivity index (χ3n) is 4.25. The number of nitrogens with zero attached hydrogens (tertiary/aromatic N) is 5. The standard InChI is InChI=1S/C19H14ClFN6OS/c1-11(23-18(28)17-10-26-4-5-29-19(26)24-17)9-27-3-2-16(25-27)12-6-14(20)13(8-22)15(21)7-12/h2-7,10-11H,9H2,1H3,(H,23,28)/t11-/m0/s1. The molecule has 1 amide bonds. The van der Waals surface area contributed by atoms with Crippen molar-refractivity contribution in [3.63, 3.8) is 0 Å². The van der Waals surface area contributed by atoms with Crippen molar-refractivity contribution in [1.29, 1.82) is 5.26 Å². The number of nitriles is 1. The molecule has 0 aliphatic rings. The lowest BCUT2D eigenvalue weighted by Gasteiger charge is -2.13. The molecule has 10 heteroatoms. The highest BCUT2D eigenvalue weighted by molar-refractivity contribution is 7.15. The summed E-state index contributed by atoms with van der Waals surface area (Å²) in [6.07, 6.45) is 5.26. The molecular formula is C19H14ClFN6OS. The summed E-state index contributed by atoms with van der Waals surface area (Å²) >= 11 is 7.42. The lowest BCUT2D eigenvalue weighted by molar-refractivity contribution is 0.0931. The molecule has 0 aliphatic heterocycles. The van der Waals surface area contributed by atoms with E-state index in [0.717, 1.165) is 4.96 Å². The number of thiazole rings is 1. The van der Waals surface area contributed by atoms with Gasteiger partial charge in [0.15, 0.2) is 4.96 Å². The maximum Gasteiger partial charge on any atom is 0.271 e. The molecule has 1 aromatic carbocycles. The van der Waals surface area contributed by atoms with Crippen LogP contribution in [0, 0.1) is 17.1 Å². The molecule has 4 aromatic rings. The number of hydrogen-bond acceptors (Lipinski definition) is 5. The summed E-state index contributed by atoms with van der Waals surface area (Å²) in [7, 11) is 0. The van der Waals surface area contributed by atoms with Crippen LogP contribution in [0.1, 0.15) is 23.0 Å². The normalized spacial score (nSPS) is 12.1. The maximum atomic E-state index is 14.0. The number of aromatic nitrogens is 4. The zero-order valence-corrected chi connectivity index (χ0v) is 16.7. The Hall–Kier alpha value is -3.22. The van der Waals surface area contributed by atoms with Crippen molar-refractivity contribution >= 4 is 33.8 Å². The number of amides is 1. The van der Waals surface area contributed by atoms with Crippen LogP contribution in [0.2, 0.25) is 5.02 Å². The Bertz CT molecular complexity index is 1200. The number of halogens is 2. The van der Waals surface area contributed by atoms with Crippen molar-refractivity contribution in [2.45, 2.75) is 19.5 Å². The molecule has 0 bridgehead atoms. The highest BCUT2D eigenvalue weighted by Gasteiger charge is 2.16. The fraction of sp³-hybridized carbons (Fsp3) is 0.158. The van der Waals surface area contributed by atoms with Crippen molar-refractivity contribution in [1.82, 2.24) is 24.5 Å². The van der Waals surface area contributed by atoms with Crippen LogP contribution in [0.3, 0.4) is 0 Å². The molecule has 0 saturated carbocycles. The van der Waals surface area contributed by atoms with Crippen LogP contribution < -0.4 is 5.32 Å². The summed E-state index contributed by atoms with van der Waals surface area (Å²) in [5.74, 6) is -0.952. The number of carbonyl (C=O) groups is 1. The Labute approximate surface area is 174 Å². The van der Waals surface area contributed by atoms with Crippen molar-refractivity contribution in [3.05, 3.63) is 64.3 Å². The van der Waals surface area contributed by atoms with Crippen molar-refractivity contribution in [2.24, 2.45) is 0 Å². The van der Waals surface area contributed by atoms with E-state index in [1.54, 1.807) is 33.6 Å². The van der Waals surface area contributed by atoms with Gasteiger partial charge in [0.25, 0.3) is 5.91 Å². The van der Waals surface area contributed by atoms with Crippen molar-refractivity contribution in [2.75, 3.05) is 0 Å². The van der Waals surface area contributed by atoms with Gasteiger partial charge < -0.3 is 5.32 Å². The molecule has 1 atom stereocenters. The van der Waals surface area contributed by atoms with E-state index in [2.05, 4.69) is 15.4 Å². The van der Waals surface area contributed by atoms with Crippen molar-refractivity contribution in [3.8, 4) is 17.3 Å². The fourth-order valence-electron chi connectivity index (χ4n) is 2.91. The average molecular weight is 429 g/mol. The third-order valence-corrected chi connectivity index (χ3v) is 5.32. The first-order chi connectivity index (χ1) is 13.9. The number of nitrogens with one attached hydrogen (secondary N) is 1. The summed E-state index contributed by atoms with van der Waals surface area (Å²) in [4.78, 5) is 17.4. The van der Waals surface area contributed by atoms with Crippen LogP contribution in [0.5, 0.6) is 0 Å². The number of imidazole rings is 1. The van der Waals surface area contributed by atoms with Crippen LogP contribution in [0.25, 0.3) is 16.2 Å². The maximum absolute atomic E-state index is 14.0. The van der Waals surface area contributed by atoms with Gasteiger partial charge in [-0.25, -0.2) is 9.37 Å². The minimum atomic E-state index is -0.690. The van der Waals surface area contributed by atoms with E-state index in [0.29, 0.717) is 23.5 Å². The molecule has 3 heterocycles. The topological polar surface area (TPSA) is 88.0 Å². The Morgan fingerprint density at radius 2 is 2.28 bits per heavy atom. The fourth-order valence-corrected chi connectivity index (χ4v) is 3.86. The minimum absolute atomic E-state index is 0.0395. The Morgan fingerprint density at radius 3 is 3.00 bits per heavy atom. The quantitative estimate of drug-likeness (QED) is 0.524. The van der Waals surface area contributed by atoms with Gasteiger partial charge in [-0.15, -0.1) is 11.3 Å². The lowest BCUT2D eigenvalue weighted by Crippen LogP contribution is -2.36. The Morgan fingerprint density at radius 1 is 1.45 bits per heavy atom.